The van der Waals surface area contributed by atoms with Crippen LogP contribution in [-0.4, -0.2) is 33.4 Å². The molecule has 5 nitrogen and oxygen atoms in total. The number of hydrogen-bond donors (Lipinski definition) is 1. The second-order valence-corrected chi connectivity index (χ2v) is 7.40. The Labute approximate surface area is 152 Å². The minimum atomic E-state index is -0.138. The molecule has 134 valence electrons. The Morgan fingerprint density at radius 2 is 2.04 bits per heavy atom. The van der Waals surface area contributed by atoms with Gasteiger partial charge in [0.2, 0.25) is 5.91 Å². The van der Waals surface area contributed by atoms with Crippen LogP contribution in [0.25, 0.3) is 10.9 Å². The van der Waals surface area contributed by atoms with Crippen molar-refractivity contribution >= 4 is 29.0 Å². The topological polar surface area (TPSA) is 58.1 Å². The van der Waals surface area contributed by atoms with E-state index in [4.69, 9.17) is 12.2 Å². The van der Waals surface area contributed by atoms with E-state index in [1.165, 1.54) is 23.8 Å². The first kappa shape index (κ1) is 17.9. The molecule has 1 amide bonds. The maximum absolute atomic E-state index is 12.6. The van der Waals surface area contributed by atoms with Crippen LogP contribution in [0.15, 0.2) is 29.1 Å². The van der Waals surface area contributed by atoms with Gasteiger partial charge in [-0.15, -0.1) is 0 Å². The molecule has 1 aromatic heterocycles. The molecule has 1 aromatic carbocycles. The van der Waals surface area contributed by atoms with Crippen LogP contribution in [0.4, 0.5) is 0 Å². The summed E-state index contributed by atoms with van der Waals surface area (Å²) in [6.07, 6.45) is 4.97. The van der Waals surface area contributed by atoms with E-state index >= 15 is 0 Å². The van der Waals surface area contributed by atoms with Crippen molar-refractivity contribution < 1.29 is 4.79 Å². The zero-order chi connectivity index (χ0) is 18.0. The molecule has 1 saturated carbocycles. The molecule has 1 heterocycles. The Hall–Kier alpha value is -1.95. The van der Waals surface area contributed by atoms with Crippen LogP contribution in [0.5, 0.6) is 0 Å². The molecule has 1 N–H and O–H groups in total. The highest BCUT2D eigenvalue weighted by Gasteiger charge is 2.27. The molecule has 2 aromatic rings. The predicted octanol–water partition coefficient (Wildman–Crippen LogP) is 3.49. The van der Waals surface area contributed by atoms with Crippen LogP contribution in [0.1, 0.15) is 39.0 Å². The van der Waals surface area contributed by atoms with Crippen LogP contribution < -0.4 is 5.56 Å². The quantitative estimate of drug-likeness (QED) is 0.850. The highest BCUT2D eigenvalue weighted by Crippen LogP contribution is 2.27. The van der Waals surface area contributed by atoms with Gasteiger partial charge in [-0.2, -0.15) is 0 Å². The van der Waals surface area contributed by atoms with E-state index in [1.54, 1.807) is 6.07 Å². The van der Waals surface area contributed by atoms with Crippen molar-refractivity contribution in [3.8, 4) is 0 Å². The van der Waals surface area contributed by atoms with Crippen LogP contribution in [-0.2, 0) is 11.3 Å². The largest absolute Gasteiger partial charge is 0.342 e. The summed E-state index contributed by atoms with van der Waals surface area (Å²) in [5.74, 6) is 0.613. The van der Waals surface area contributed by atoms with E-state index in [1.807, 2.05) is 30.1 Å². The standard InChI is InChI=1S/C19H25N3O2S/c1-13-7-3-6-10-16(13)21(2)17(23)11-12-22-18(24)14-8-4-5-9-15(14)20-19(22)25/h4-5,8-9,13,16H,3,6-7,10-12H2,1-2H3,(H,20,25)/t13-,16+/m1/s1. The lowest BCUT2D eigenvalue weighted by Gasteiger charge is -2.36. The summed E-state index contributed by atoms with van der Waals surface area (Å²) < 4.78 is 1.86. The highest BCUT2D eigenvalue weighted by molar-refractivity contribution is 7.71. The van der Waals surface area contributed by atoms with E-state index < -0.39 is 0 Å². The van der Waals surface area contributed by atoms with E-state index in [0.29, 0.717) is 28.7 Å². The van der Waals surface area contributed by atoms with Crippen molar-refractivity contribution in [2.45, 2.75) is 51.6 Å². The van der Waals surface area contributed by atoms with Crippen molar-refractivity contribution in [1.29, 1.82) is 0 Å². The van der Waals surface area contributed by atoms with Crippen molar-refractivity contribution in [3.05, 3.63) is 39.4 Å². The number of benzene rings is 1. The van der Waals surface area contributed by atoms with Gasteiger partial charge >= 0.3 is 0 Å². The number of aromatic nitrogens is 2. The Balaban J connectivity index is 1.75. The van der Waals surface area contributed by atoms with E-state index in [9.17, 15) is 9.59 Å². The van der Waals surface area contributed by atoms with Gasteiger partial charge in [0.1, 0.15) is 0 Å². The minimum absolute atomic E-state index is 0.0770. The van der Waals surface area contributed by atoms with Crippen molar-refractivity contribution in [2.24, 2.45) is 5.92 Å². The van der Waals surface area contributed by atoms with Gasteiger partial charge in [0.05, 0.1) is 10.9 Å². The first-order chi connectivity index (χ1) is 12.0. The summed E-state index contributed by atoms with van der Waals surface area (Å²) in [5, 5.41) is 0.595. The highest BCUT2D eigenvalue weighted by atomic mass is 32.1. The number of H-pyrrole nitrogens is 1. The third-order valence-electron chi connectivity index (χ3n) is 5.40. The number of para-hydroxylation sites is 1. The van der Waals surface area contributed by atoms with Gasteiger partial charge < -0.3 is 9.88 Å². The SMILES string of the molecule is C[C@@H]1CCCC[C@@H]1N(C)C(=O)CCn1c(=S)[nH]c2ccccc2c1=O. The van der Waals surface area contributed by atoms with Gasteiger partial charge in [-0.1, -0.05) is 31.9 Å². The molecule has 0 radical (unpaired) electrons. The average Bonchev–Trinajstić information content (AvgIpc) is 2.61. The molecule has 1 fully saturated rings. The van der Waals surface area contributed by atoms with Crippen LogP contribution in [0, 0.1) is 10.7 Å². The van der Waals surface area contributed by atoms with E-state index in [0.717, 1.165) is 11.9 Å². The zero-order valence-electron chi connectivity index (χ0n) is 14.8. The number of nitrogens with zero attached hydrogens (tertiary/aromatic N) is 2. The first-order valence-electron chi connectivity index (χ1n) is 8.96. The monoisotopic (exact) mass is 359 g/mol. The second-order valence-electron chi connectivity index (χ2n) is 7.02. The van der Waals surface area contributed by atoms with Crippen molar-refractivity contribution in [3.63, 3.8) is 0 Å². The number of fused-ring (bicyclic) bond motifs is 1. The fraction of sp³-hybridized carbons (Fsp3) is 0.526. The van der Waals surface area contributed by atoms with Crippen LogP contribution >= 0.6 is 12.2 Å². The molecule has 1 aliphatic rings. The lowest BCUT2D eigenvalue weighted by atomic mass is 9.85. The first-order valence-corrected chi connectivity index (χ1v) is 9.37. The minimum Gasteiger partial charge on any atom is -0.342 e. The molecule has 0 saturated heterocycles. The fourth-order valence-electron chi connectivity index (χ4n) is 3.84. The third kappa shape index (κ3) is 3.68. The molecular formula is C19H25N3O2S. The van der Waals surface area contributed by atoms with Gasteiger partial charge in [-0.25, -0.2) is 0 Å². The Morgan fingerprint density at radius 1 is 1.32 bits per heavy atom. The lowest BCUT2D eigenvalue weighted by Crippen LogP contribution is -2.43. The number of carbonyl (C=O) groups excluding carboxylic acids is 1. The number of amides is 1. The van der Waals surface area contributed by atoms with Gasteiger partial charge in [-0.3, -0.25) is 14.2 Å². The molecule has 2 atom stereocenters. The molecular weight excluding hydrogens is 334 g/mol. The maximum Gasteiger partial charge on any atom is 0.262 e. The summed E-state index contributed by atoms with van der Waals surface area (Å²) in [5.41, 5.74) is 0.592. The number of carbonyl (C=O) groups is 1. The number of nitrogens with one attached hydrogen (secondary N) is 1. The summed E-state index contributed by atoms with van der Waals surface area (Å²) in [6.45, 7) is 2.53. The zero-order valence-corrected chi connectivity index (χ0v) is 15.6. The summed E-state index contributed by atoms with van der Waals surface area (Å²) >= 11 is 5.31. The van der Waals surface area contributed by atoms with E-state index in [-0.39, 0.29) is 17.9 Å². The molecule has 6 heteroatoms. The van der Waals surface area contributed by atoms with Gasteiger partial charge in [0.25, 0.3) is 5.56 Å². The summed E-state index contributed by atoms with van der Waals surface area (Å²) in [6, 6.07) is 7.61. The fourth-order valence-corrected chi connectivity index (χ4v) is 4.13. The Kier molecular flexibility index (Phi) is 5.37. The molecule has 25 heavy (non-hydrogen) atoms. The lowest BCUT2D eigenvalue weighted by molar-refractivity contribution is -0.133. The predicted molar refractivity (Wildman–Crippen MR) is 102 cm³/mol. The van der Waals surface area contributed by atoms with Gasteiger partial charge in [0.15, 0.2) is 4.77 Å². The smallest absolute Gasteiger partial charge is 0.262 e. The van der Waals surface area contributed by atoms with Crippen LogP contribution in [0.2, 0.25) is 0 Å². The third-order valence-corrected chi connectivity index (χ3v) is 5.72. The molecule has 3 rings (SSSR count). The molecule has 0 bridgehead atoms. The molecule has 0 spiro atoms. The number of hydrogen-bond acceptors (Lipinski definition) is 3. The van der Waals surface area contributed by atoms with Crippen molar-refractivity contribution in [1.82, 2.24) is 14.5 Å². The normalized spacial score (nSPS) is 20.6. The summed E-state index contributed by atoms with van der Waals surface area (Å²) in [4.78, 5) is 30.2. The Bertz CT molecular complexity index is 886. The Morgan fingerprint density at radius 3 is 2.80 bits per heavy atom. The summed E-state index contributed by atoms with van der Waals surface area (Å²) in [7, 11) is 1.89. The molecule has 0 unspecified atom stereocenters. The maximum atomic E-state index is 12.6. The molecule has 1 aliphatic carbocycles. The average molecular weight is 359 g/mol. The van der Waals surface area contributed by atoms with Gasteiger partial charge in [-0.05, 0) is 43.1 Å². The molecule has 0 aliphatic heterocycles. The van der Waals surface area contributed by atoms with Crippen LogP contribution in [0.3, 0.4) is 0 Å². The van der Waals surface area contributed by atoms with E-state index in [2.05, 4.69) is 11.9 Å². The number of rotatable bonds is 4. The van der Waals surface area contributed by atoms with Gasteiger partial charge in [0, 0.05) is 26.1 Å². The van der Waals surface area contributed by atoms with Crippen molar-refractivity contribution in [2.75, 3.05) is 7.05 Å². The number of aromatic amines is 1. The second kappa shape index (κ2) is 7.52.